The predicted molar refractivity (Wildman–Crippen MR) is 126 cm³/mol. The van der Waals surface area contributed by atoms with E-state index in [2.05, 4.69) is 10.00 Å². The third-order valence-electron chi connectivity index (χ3n) is 4.55. The molecule has 2 heterocycles. The van der Waals surface area contributed by atoms with Gasteiger partial charge in [0.2, 0.25) is 0 Å². The fourth-order valence-electron chi connectivity index (χ4n) is 3.15. The van der Waals surface area contributed by atoms with Gasteiger partial charge in [0.15, 0.2) is 5.13 Å². The standard InChI is InChI=1S/C20H26ClN5O2S.ClH/c1-6-26-15(12-13(2)23-26)19(27)25(11-7-10-24(3)4)20-22-17-16(28-5)9-8-14(21)18(17)29-20;/h8-9,12H,6-7,10-11H2,1-5H3;1H. The van der Waals surface area contributed by atoms with Crippen LogP contribution in [0.15, 0.2) is 18.2 Å². The van der Waals surface area contributed by atoms with Crippen LogP contribution in [0.2, 0.25) is 5.02 Å². The van der Waals surface area contributed by atoms with Crippen molar-refractivity contribution >= 4 is 56.6 Å². The highest BCUT2D eigenvalue weighted by Crippen LogP contribution is 2.39. The lowest BCUT2D eigenvalue weighted by molar-refractivity contribution is 0.0975. The summed E-state index contributed by atoms with van der Waals surface area (Å²) in [7, 11) is 5.64. The molecular formula is C20H27Cl2N5O2S. The van der Waals surface area contributed by atoms with Gasteiger partial charge in [0.05, 0.1) is 22.5 Å². The molecule has 0 atom stereocenters. The van der Waals surface area contributed by atoms with Gasteiger partial charge in [0, 0.05) is 13.1 Å². The van der Waals surface area contributed by atoms with E-state index in [1.165, 1.54) is 11.3 Å². The maximum absolute atomic E-state index is 13.5. The Morgan fingerprint density at radius 1 is 1.30 bits per heavy atom. The van der Waals surface area contributed by atoms with Crippen LogP contribution in [0.3, 0.4) is 0 Å². The van der Waals surface area contributed by atoms with Crippen LogP contribution in [0.25, 0.3) is 10.2 Å². The third kappa shape index (κ3) is 5.06. The quantitative estimate of drug-likeness (QED) is 0.483. The van der Waals surface area contributed by atoms with Crippen LogP contribution in [0.4, 0.5) is 5.13 Å². The number of anilines is 1. The molecule has 164 valence electrons. The fraction of sp³-hybridized carbons (Fsp3) is 0.450. The lowest BCUT2D eigenvalue weighted by Crippen LogP contribution is -2.34. The normalized spacial score (nSPS) is 11.0. The van der Waals surface area contributed by atoms with Crippen molar-refractivity contribution in [1.29, 1.82) is 0 Å². The van der Waals surface area contributed by atoms with E-state index < -0.39 is 0 Å². The summed E-state index contributed by atoms with van der Waals surface area (Å²) < 4.78 is 7.98. The number of methoxy groups -OCH3 is 1. The summed E-state index contributed by atoms with van der Waals surface area (Å²) in [5.41, 5.74) is 2.05. The first kappa shape index (κ1) is 24.4. The Labute approximate surface area is 192 Å². The van der Waals surface area contributed by atoms with E-state index >= 15 is 0 Å². The lowest BCUT2D eigenvalue weighted by Gasteiger charge is -2.21. The van der Waals surface area contributed by atoms with Crippen molar-refractivity contribution in [3.63, 3.8) is 0 Å². The SMILES string of the molecule is CCn1nc(C)cc1C(=O)N(CCCN(C)C)c1nc2c(OC)ccc(Cl)c2s1.Cl. The van der Waals surface area contributed by atoms with Crippen LogP contribution in [-0.4, -0.2) is 59.9 Å². The van der Waals surface area contributed by atoms with Gasteiger partial charge in [-0.1, -0.05) is 22.9 Å². The molecule has 3 rings (SSSR count). The number of ether oxygens (including phenoxy) is 1. The first-order valence-electron chi connectivity index (χ1n) is 9.49. The Balaban J connectivity index is 0.00000320. The van der Waals surface area contributed by atoms with E-state index in [-0.39, 0.29) is 18.3 Å². The number of amides is 1. The van der Waals surface area contributed by atoms with Gasteiger partial charge in [-0.15, -0.1) is 12.4 Å². The highest BCUT2D eigenvalue weighted by Gasteiger charge is 2.25. The molecule has 0 unspecified atom stereocenters. The zero-order valence-corrected chi connectivity index (χ0v) is 20.2. The molecule has 0 saturated carbocycles. The summed E-state index contributed by atoms with van der Waals surface area (Å²) in [6.45, 7) is 5.90. The Bertz CT molecular complexity index is 1020. The average molecular weight is 472 g/mol. The van der Waals surface area contributed by atoms with E-state index in [0.717, 1.165) is 23.4 Å². The van der Waals surface area contributed by atoms with Crippen molar-refractivity contribution in [3.8, 4) is 5.75 Å². The van der Waals surface area contributed by atoms with E-state index in [1.807, 2.05) is 34.0 Å². The molecular weight excluding hydrogens is 445 g/mol. The molecule has 0 saturated heterocycles. The van der Waals surface area contributed by atoms with Gasteiger partial charge in [-0.25, -0.2) is 4.98 Å². The van der Waals surface area contributed by atoms with Gasteiger partial charge < -0.3 is 9.64 Å². The summed E-state index contributed by atoms with van der Waals surface area (Å²) in [6, 6.07) is 5.41. The van der Waals surface area contributed by atoms with E-state index in [4.69, 9.17) is 21.3 Å². The molecule has 3 aromatic rings. The van der Waals surface area contributed by atoms with Crippen molar-refractivity contribution in [2.24, 2.45) is 0 Å². The van der Waals surface area contributed by atoms with Crippen LogP contribution in [0.5, 0.6) is 5.75 Å². The van der Waals surface area contributed by atoms with Crippen LogP contribution < -0.4 is 9.64 Å². The number of thiazole rings is 1. The molecule has 0 aliphatic rings. The number of carbonyl (C=O) groups is 1. The number of hydrogen-bond acceptors (Lipinski definition) is 6. The largest absolute Gasteiger partial charge is 0.494 e. The molecule has 0 N–H and O–H groups in total. The van der Waals surface area contributed by atoms with Gasteiger partial charge in [-0.2, -0.15) is 5.10 Å². The van der Waals surface area contributed by atoms with Crippen molar-refractivity contribution in [1.82, 2.24) is 19.7 Å². The third-order valence-corrected chi connectivity index (χ3v) is 6.09. The van der Waals surface area contributed by atoms with Gasteiger partial charge >= 0.3 is 0 Å². The summed E-state index contributed by atoms with van der Waals surface area (Å²) in [5.74, 6) is 0.530. The topological polar surface area (TPSA) is 63.5 Å². The van der Waals surface area contributed by atoms with Crippen LogP contribution in [0.1, 0.15) is 29.5 Å². The summed E-state index contributed by atoms with van der Waals surface area (Å²) in [4.78, 5) is 22.0. The summed E-state index contributed by atoms with van der Waals surface area (Å²) >= 11 is 7.79. The van der Waals surface area contributed by atoms with E-state index in [0.29, 0.717) is 40.2 Å². The van der Waals surface area contributed by atoms with Gasteiger partial charge in [-0.05, 0) is 59.1 Å². The van der Waals surface area contributed by atoms with Crippen LogP contribution in [0, 0.1) is 6.92 Å². The first-order chi connectivity index (χ1) is 13.8. The van der Waals surface area contributed by atoms with Crippen LogP contribution in [-0.2, 0) is 6.54 Å². The minimum Gasteiger partial charge on any atom is -0.494 e. The minimum absolute atomic E-state index is 0. The van der Waals surface area contributed by atoms with Crippen LogP contribution >= 0.6 is 35.3 Å². The highest BCUT2D eigenvalue weighted by atomic mass is 35.5. The van der Waals surface area contributed by atoms with Gasteiger partial charge in [0.1, 0.15) is 17.0 Å². The number of fused-ring (bicyclic) bond motifs is 1. The number of benzene rings is 1. The molecule has 30 heavy (non-hydrogen) atoms. The van der Waals surface area contributed by atoms with Crippen molar-refractivity contribution in [2.75, 3.05) is 39.2 Å². The molecule has 0 aliphatic carbocycles. The number of hydrogen-bond donors (Lipinski definition) is 0. The number of halogens is 2. The molecule has 0 aliphatic heterocycles. The monoisotopic (exact) mass is 471 g/mol. The zero-order valence-electron chi connectivity index (χ0n) is 17.8. The lowest BCUT2D eigenvalue weighted by atomic mass is 10.3. The molecule has 0 fully saturated rings. The Morgan fingerprint density at radius 3 is 2.67 bits per heavy atom. The summed E-state index contributed by atoms with van der Waals surface area (Å²) in [6.07, 6.45) is 0.818. The second-order valence-electron chi connectivity index (χ2n) is 7.02. The number of carbonyl (C=O) groups excluding carboxylic acids is 1. The Kier molecular flexibility index (Phi) is 8.49. The number of rotatable bonds is 8. The number of nitrogens with zero attached hydrogens (tertiary/aromatic N) is 5. The highest BCUT2D eigenvalue weighted by molar-refractivity contribution is 7.23. The van der Waals surface area contributed by atoms with Crippen molar-refractivity contribution in [3.05, 3.63) is 34.6 Å². The second-order valence-corrected chi connectivity index (χ2v) is 8.41. The van der Waals surface area contributed by atoms with E-state index in [1.54, 1.807) is 28.8 Å². The molecule has 1 aromatic carbocycles. The smallest absolute Gasteiger partial charge is 0.278 e. The number of aromatic nitrogens is 3. The Hall–Kier alpha value is -1.87. The predicted octanol–water partition coefficient (Wildman–Crippen LogP) is 4.50. The maximum atomic E-state index is 13.5. The molecule has 0 spiro atoms. The molecule has 10 heteroatoms. The van der Waals surface area contributed by atoms with Crippen molar-refractivity contribution < 1.29 is 9.53 Å². The summed E-state index contributed by atoms with van der Waals surface area (Å²) in [5, 5.41) is 5.63. The zero-order chi connectivity index (χ0) is 21.1. The second kappa shape index (κ2) is 10.4. The molecule has 1 amide bonds. The number of aryl methyl sites for hydroxylation is 2. The molecule has 7 nitrogen and oxygen atoms in total. The fourth-order valence-corrected chi connectivity index (χ4v) is 4.43. The molecule has 0 radical (unpaired) electrons. The molecule has 2 aromatic heterocycles. The van der Waals surface area contributed by atoms with Crippen molar-refractivity contribution in [2.45, 2.75) is 26.8 Å². The minimum atomic E-state index is -0.111. The molecule has 0 bridgehead atoms. The maximum Gasteiger partial charge on any atom is 0.278 e. The Morgan fingerprint density at radius 2 is 2.03 bits per heavy atom. The van der Waals surface area contributed by atoms with E-state index in [9.17, 15) is 4.79 Å². The van der Waals surface area contributed by atoms with Gasteiger partial charge in [0.25, 0.3) is 5.91 Å². The van der Waals surface area contributed by atoms with Gasteiger partial charge in [-0.3, -0.25) is 14.4 Å². The first-order valence-corrected chi connectivity index (χ1v) is 10.7. The average Bonchev–Trinajstić information content (AvgIpc) is 3.29.